The van der Waals surface area contributed by atoms with E-state index in [1.165, 1.54) is 27.8 Å². The van der Waals surface area contributed by atoms with E-state index in [1.807, 2.05) is 0 Å². The van der Waals surface area contributed by atoms with Crippen LogP contribution in [0.15, 0.2) is 48.5 Å². The Morgan fingerprint density at radius 1 is 1.08 bits per heavy atom. The topological polar surface area (TPSA) is 87.9 Å². The van der Waals surface area contributed by atoms with Gasteiger partial charge < -0.3 is 14.7 Å². The number of aromatic nitrogens is 2. The molecule has 2 aromatic carbocycles. The molecule has 8 nitrogen and oxygen atoms in total. The first kappa shape index (κ1) is 26.3. The van der Waals surface area contributed by atoms with Gasteiger partial charge in [-0.3, -0.25) is 9.69 Å². The van der Waals surface area contributed by atoms with Gasteiger partial charge in [-0.25, -0.2) is 9.48 Å². The summed E-state index contributed by atoms with van der Waals surface area (Å²) >= 11 is 6.05. The fourth-order valence-corrected chi connectivity index (χ4v) is 4.27. The smallest absolute Gasteiger partial charge is 0.465 e. The minimum Gasteiger partial charge on any atom is -0.465 e. The van der Waals surface area contributed by atoms with Crippen molar-refractivity contribution in [1.82, 2.24) is 19.6 Å². The van der Waals surface area contributed by atoms with Crippen molar-refractivity contribution in [2.75, 3.05) is 6.54 Å². The van der Waals surface area contributed by atoms with E-state index in [0.717, 1.165) is 4.90 Å². The van der Waals surface area contributed by atoms with Crippen LogP contribution in [0.25, 0.3) is 16.9 Å². The summed E-state index contributed by atoms with van der Waals surface area (Å²) in [7, 11) is 0. The molecule has 3 aromatic rings. The first-order chi connectivity index (χ1) is 17.2. The SMILES string of the molecule is CC(C)(C)N(CC(=O)N1Cc2nn(-c3ccccc3OC(F)(F)F)c(-c3ccc(Cl)cc3)c2C1)C(=O)O. The number of benzene rings is 2. The first-order valence-electron chi connectivity index (χ1n) is 11.2. The molecule has 2 heterocycles. The van der Waals surface area contributed by atoms with Gasteiger partial charge >= 0.3 is 12.5 Å². The third kappa shape index (κ3) is 5.66. The van der Waals surface area contributed by atoms with E-state index < -0.39 is 29.7 Å². The molecule has 0 atom stereocenters. The van der Waals surface area contributed by atoms with Crippen LogP contribution in [0.3, 0.4) is 0 Å². The predicted molar refractivity (Wildman–Crippen MR) is 129 cm³/mol. The van der Waals surface area contributed by atoms with Crippen molar-refractivity contribution in [3.05, 3.63) is 64.8 Å². The number of nitrogens with zero attached hydrogens (tertiary/aromatic N) is 4. The number of fused-ring (bicyclic) bond motifs is 1. The maximum Gasteiger partial charge on any atom is 0.573 e. The van der Waals surface area contributed by atoms with E-state index in [4.69, 9.17) is 11.6 Å². The van der Waals surface area contributed by atoms with Crippen molar-refractivity contribution in [1.29, 1.82) is 0 Å². The van der Waals surface area contributed by atoms with Gasteiger partial charge in [0.15, 0.2) is 5.75 Å². The maximum absolute atomic E-state index is 13.1. The Bertz CT molecular complexity index is 1330. The maximum atomic E-state index is 13.1. The lowest BCUT2D eigenvalue weighted by atomic mass is 10.1. The molecule has 0 radical (unpaired) electrons. The van der Waals surface area contributed by atoms with Crippen LogP contribution >= 0.6 is 11.6 Å². The van der Waals surface area contributed by atoms with Gasteiger partial charge in [0.1, 0.15) is 12.2 Å². The number of alkyl halides is 3. The number of carboxylic acid groups (broad SMARTS) is 1. The first-order valence-corrected chi connectivity index (χ1v) is 11.6. The van der Waals surface area contributed by atoms with Crippen LogP contribution in [0, 0.1) is 0 Å². The van der Waals surface area contributed by atoms with Crippen LogP contribution in [0.5, 0.6) is 5.75 Å². The minimum absolute atomic E-state index is 0.0711. The van der Waals surface area contributed by atoms with Crippen molar-refractivity contribution >= 4 is 23.6 Å². The molecule has 0 fully saturated rings. The average Bonchev–Trinajstić information content (AvgIpc) is 3.34. The fraction of sp³-hybridized carbons (Fsp3) is 0.320. The van der Waals surface area contributed by atoms with Gasteiger partial charge in [0.05, 0.1) is 24.5 Å². The molecule has 1 N–H and O–H groups in total. The molecule has 0 saturated carbocycles. The Hall–Kier alpha value is -3.73. The summed E-state index contributed by atoms with van der Waals surface area (Å²) in [4.78, 5) is 27.3. The highest BCUT2D eigenvalue weighted by Gasteiger charge is 2.36. The lowest BCUT2D eigenvalue weighted by Gasteiger charge is -2.33. The van der Waals surface area contributed by atoms with E-state index in [0.29, 0.717) is 27.5 Å². The van der Waals surface area contributed by atoms with E-state index in [1.54, 1.807) is 51.1 Å². The third-order valence-electron chi connectivity index (χ3n) is 5.88. The Morgan fingerprint density at radius 3 is 2.32 bits per heavy atom. The summed E-state index contributed by atoms with van der Waals surface area (Å²) in [6.07, 6.45) is -6.12. The summed E-state index contributed by atoms with van der Waals surface area (Å²) in [5, 5.41) is 14.6. The fourth-order valence-electron chi connectivity index (χ4n) is 4.14. The summed E-state index contributed by atoms with van der Waals surface area (Å²) < 4.78 is 44.9. The van der Waals surface area contributed by atoms with Crippen molar-refractivity contribution in [2.45, 2.75) is 45.8 Å². The summed E-state index contributed by atoms with van der Waals surface area (Å²) in [6, 6.07) is 12.4. The molecule has 0 bridgehead atoms. The van der Waals surface area contributed by atoms with E-state index in [-0.39, 0.29) is 25.3 Å². The Morgan fingerprint density at radius 2 is 1.73 bits per heavy atom. The van der Waals surface area contributed by atoms with Crippen LogP contribution < -0.4 is 4.74 Å². The van der Waals surface area contributed by atoms with Gasteiger partial charge in [-0.1, -0.05) is 35.9 Å². The van der Waals surface area contributed by atoms with Crippen molar-refractivity contribution in [3.63, 3.8) is 0 Å². The highest BCUT2D eigenvalue weighted by molar-refractivity contribution is 6.30. The second kappa shape index (κ2) is 9.62. The zero-order chi connectivity index (χ0) is 27.1. The molecule has 0 aliphatic carbocycles. The van der Waals surface area contributed by atoms with Crippen molar-refractivity contribution in [2.24, 2.45) is 0 Å². The number of amides is 2. The monoisotopic (exact) mass is 536 g/mol. The lowest BCUT2D eigenvalue weighted by Crippen LogP contribution is -2.50. The molecule has 37 heavy (non-hydrogen) atoms. The Kier molecular flexibility index (Phi) is 6.85. The van der Waals surface area contributed by atoms with E-state index in [9.17, 15) is 27.9 Å². The quantitative estimate of drug-likeness (QED) is 0.451. The second-order valence-electron chi connectivity index (χ2n) is 9.50. The van der Waals surface area contributed by atoms with Crippen LogP contribution in [-0.4, -0.2) is 55.1 Å². The Labute approximate surface area is 215 Å². The molecule has 12 heteroatoms. The number of carbonyl (C=O) groups excluding carboxylic acids is 1. The third-order valence-corrected chi connectivity index (χ3v) is 6.13. The van der Waals surface area contributed by atoms with Gasteiger partial charge in [0.25, 0.3) is 0 Å². The van der Waals surface area contributed by atoms with Crippen LogP contribution in [0.2, 0.25) is 5.02 Å². The van der Waals surface area contributed by atoms with Gasteiger partial charge in [0, 0.05) is 21.7 Å². The van der Waals surface area contributed by atoms with Crippen LogP contribution in [0.4, 0.5) is 18.0 Å². The number of rotatable bonds is 5. The highest BCUT2D eigenvalue weighted by atomic mass is 35.5. The van der Waals surface area contributed by atoms with Crippen molar-refractivity contribution < 1.29 is 32.6 Å². The van der Waals surface area contributed by atoms with Crippen molar-refractivity contribution in [3.8, 4) is 22.7 Å². The van der Waals surface area contributed by atoms with Gasteiger partial charge in [-0.05, 0) is 45.0 Å². The van der Waals surface area contributed by atoms with Gasteiger partial charge in [0.2, 0.25) is 5.91 Å². The molecule has 0 unspecified atom stereocenters. The van der Waals surface area contributed by atoms with Crippen LogP contribution in [-0.2, 0) is 17.9 Å². The molecule has 196 valence electrons. The number of ether oxygens (including phenoxy) is 1. The summed E-state index contributed by atoms with van der Waals surface area (Å²) in [6.45, 7) is 4.90. The minimum atomic E-state index is -4.90. The normalized spacial score (nSPS) is 13.4. The zero-order valence-electron chi connectivity index (χ0n) is 20.2. The molecule has 2 amide bonds. The van der Waals surface area contributed by atoms with Crippen LogP contribution in [0.1, 0.15) is 32.0 Å². The van der Waals surface area contributed by atoms with Gasteiger partial charge in [-0.15, -0.1) is 13.2 Å². The largest absolute Gasteiger partial charge is 0.573 e. The van der Waals surface area contributed by atoms with E-state index >= 15 is 0 Å². The predicted octanol–water partition coefficient (Wildman–Crippen LogP) is 5.71. The lowest BCUT2D eigenvalue weighted by molar-refractivity contribution is -0.274. The molecule has 1 aliphatic heterocycles. The molecule has 1 aromatic heterocycles. The zero-order valence-corrected chi connectivity index (χ0v) is 21.0. The summed E-state index contributed by atoms with van der Waals surface area (Å²) in [5.74, 6) is -0.841. The Balaban J connectivity index is 1.74. The van der Waals surface area contributed by atoms with E-state index in [2.05, 4.69) is 9.84 Å². The molecule has 4 rings (SSSR count). The molecule has 0 spiro atoms. The highest BCUT2D eigenvalue weighted by Crippen LogP contribution is 2.38. The summed E-state index contributed by atoms with van der Waals surface area (Å²) in [5.41, 5.74) is 1.50. The number of carbonyl (C=O) groups is 2. The standard InChI is InChI=1S/C25H24ClF3N4O4/c1-24(2,3)32(23(35)36)14-21(34)31-12-17-18(13-31)30-33(22(17)15-8-10-16(26)11-9-15)19-6-4-5-7-20(19)37-25(27,28)29/h4-11H,12-14H2,1-3H3,(H,35,36). The second-order valence-corrected chi connectivity index (χ2v) is 9.93. The molecular formula is C25H24ClF3N4O4. The molecular weight excluding hydrogens is 513 g/mol. The number of hydrogen-bond donors (Lipinski definition) is 1. The average molecular weight is 537 g/mol. The molecule has 1 aliphatic rings. The number of para-hydroxylation sites is 2. The molecule has 0 saturated heterocycles. The number of halogens is 4. The number of hydrogen-bond acceptors (Lipinski definition) is 4. The van der Waals surface area contributed by atoms with Gasteiger partial charge in [-0.2, -0.15) is 5.10 Å².